The van der Waals surface area contributed by atoms with Crippen LogP contribution in [0.4, 0.5) is 0 Å². The Balaban J connectivity index is 0.000000153. The molecule has 7 rings (SSSR count). The van der Waals surface area contributed by atoms with E-state index in [2.05, 4.69) is 91.0 Å². The Bertz CT molecular complexity index is 1360. The fourth-order valence-corrected chi connectivity index (χ4v) is 8.90. The summed E-state index contributed by atoms with van der Waals surface area (Å²) < 4.78 is 12.2. The molecule has 41 heavy (non-hydrogen) atoms. The number of benzene rings is 1. The van der Waals surface area contributed by atoms with Crippen molar-refractivity contribution in [3.8, 4) is 11.5 Å². The summed E-state index contributed by atoms with van der Waals surface area (Å²) >= 11 is 3.62. The molecule has 2 aliphatic carbocycles. The predicted octanol–water partition coefficient (Wildman–Crippen LogP) is 6.47. The SMILES string of the molecule is CCN(C)C(C)C=C(c1cccs1)c1cccs1.CCOc1ccc2c3c1O[C@H]1[C@@H](O)C=C[C@H]4[C@@H](C2)N(C)CC[C@@]341. The number of aliphatic hydroxyl groups excluding tert-OH is 1. The highest BCUT2D eigenvalue weighted by Gasteiger charge is 2.64. The first-order valence-electron chi connectivity index (χ1n) is 14.9. The van der Waals surface area contributed by atoms with Crippen molar-refractivity contribution < 1.29 is 14.6 Å². The molecule has 0 radical (unpaired) electrons. The normalized spacial score (nSPS) is 27.9. The molecule has 0 saturated carbocycles. The molecule has 0 amide bonds. The number of hydrogen-bond acceptors (Lipinski definition) is 7. The van der Waals surface area contributed by atoms with Crippen LogP contribution in [-0.2, 0) is 11.8 Å². The molecule has 5 nitrogen and oxygen atoms in total. The third-order valence-corrected chi connectivity index (χ3v) is 11.4. The van der Waals surface area contributed by atoms with E-state index in [-0.39, 0.29) is 11.5 Å². The maximum Gasteiger partial charge on any atom is 0.165 e. The van der Waals surface area contributed by atoms with E-state index in [0.29, 0.717) is 24.6 Å². The lowest BCUT2D eigenvalue weighted by molar-refractivity contribution is -0.0453. The lowest BCUT2D eigenvalue weighted by atomic mass is 9.53. The standard InChI is InChI=1S/C19H23NO3.C15H19NS2/c1-3-22-15-7-4-11-10-13-12-5-6-14(21)18-19(12,8-9-20(13)2)16(11)17(15)23-18;1-4-16(3)12(2)11-13(14-7-5-9-17-14)15-8-6-10-18-15/h4-7,12-14,18,21H,3,8-10H2,1-2H3;5-12H,4H2,1-3H3/t12-,13+,14-,18-,19-;/m0./s1. The van der Waals surface area contributed by atoms with Crippen LogP contribution in [-0.4, -0.2) is 73.0 Å². The third kappa shape index (κ3) is 4.90. The number of aliphatic hydroxyl groups is 1. The van der Waals surface area contributed by atoms with Crippen molar-refractivity contribution in [2.75, 3.05) is 33.8 Å². The van der Waals surface area contributed by atoms with E-state index in [4.69, 9.17) is 9.47 Å². The van der Waals surface area contributed by atoms with Gasteiger partial charge >= 0.3 is 0 Å². The Hall–Kier alpha value is -2.42. The van der Waals surface area contributed by atoms with Crippen LogP contribution in [0.3, 0.4) is 0 Å². The summed E-state index contributed by atoms with van der Waals surface area (Å²) in [5.74, 6) is 2.14. The van der Waals surface area contributed by atoms with Gasteiger partial charge in [0, 0.05) is 44.3 Å². The van der Waals surface area contributed by atoms with Crippen LogP contribution in [0, 0.1) is 5.92 Å². The zero-order chi connectivity index (χ0) is 28.7. The van der Waals surface area contributed by atoms with E-state index in [1.165, 1.54) is 26.5 Å². The Labute approximate surface area is 252 Å². The van der Waals surface area contributed by atoms with Crippen molar-refractivity contribution in [3.05, 3.63) is 86.3 Å². The molecule has 1 fully saturated rings. The number of hydrogen-bond donors (Lipinski definition) is 1. The van der Waals surface area contributed by atoms with Crippen LogP contribution in [0.25, 0.3) is 5.57 Å². The van der Waals surface area contributed by atoms with E-state index in [0.717, 1.165) is 37.4 Å². The molecule has 6 atom stereocenters. The fraction of sp³-hybridized carbons (Fsp3) is 0.471. The molecule has 2 aromatic heterocycles. The molecule has 1 N–H and O–H groups in total. The minimum absolute atomic E-state index is 0.0820. The van der Waals surface area contributed by atoms with Gasteiger partial charge in [-0.15, -0.1) is 22.7 Å². The van der Waals surface area contributed by atoms with E-state index < -0.39 is 6.10 Å². The minimum Gasteiger partial charge on any atom is -0.490 e. The number of thiophene rings is 2. The van der Waals surface area contributed by atoms with Crippen LogP contribution >= 0.6 is 22.7 Å². The summed E-state index contributed by atoms with van der Waals surface area (Å²) in [7, 11) is 4.39. The molecule has 1 aromatic carbocycles. The maximum atomic E-state index is 10.6. The second kappa shape index (κ2) is 11.7. The quantitative estimate of drug-likeness (QED) is 0.320. The Morgan fingerprint density at radius 3 is 2.54 bits per heavy atom. The van der Waals surface area contributed by atoms with Crippen molar-refractivity contribution >= 4 is 28.2 Å². The van der Waals surface area contributed by atoms with Gasteiger partial charge in [0.25, 0.3) is 0 Å². The van der Waals surface area contributed by atoms with Crippen molar-refractivity contribution in [2.45, 2.75) is 63.3 Å². The van der Waals surface area contributed by atoms with E-state index in [9.17, 15) is 5.11 Å². The third-order valence-electron chi connectivity index (χ3n) is 9.61. The van der Waals surface area contributed by atoms with Gasteiger partial charge in [-0.25, -0.2) is 0 Å². The number of ether oxygens (including phenoxy) is 2. The maximum absolute atomic E-state index is 10.6. The van der Waals surface area contributed by atoms with Gasteiger partial charge in [-0.1, -0.05) is 43.4 Å². The van der Waals surface area contributed by atoms with Crippen molar-refractivity contribution in [1.82, 2.24) is 9.80 Å². The fourth-order valence-electron chi connectivity index (χ4n) is 7.30. The van der Waals surface area contributed by atoms with E-state index >= 15 is 0 Å². The van der Waals surface area contributed by atoms with Gasteiger partial charge in [0.2, 0.25) is 0 Å². The van der Waals surface area contributed by atoms with Gasteiger partial charge < -0.3 is 24.4 Å². The van der Waals surface area contributed by atoms with E-state index in [1.54, 1.807) is 0 Å². The molecule has 1 saturated heterocycles. The Morgan fingerprint density at radius 1 is 1.17 bits per heavy atom. The van der Waals surface area contributed by atoms with Gasteiger partial charge in [0.1, 0.15) is 12.2 Å². The highest BCUT2D eigenvalue weighted by atomic mass is 32.1. The summed E-state index contributed by atoms with van der Waals surface area (Å²) in [6.07, 6.45) is 7.93. The van der Waals surface area contributed by atoms with Gasteiger partial charge in [0.15, 0.2) is 11.5 Å². The van der Waals surface area contributed by atoms with E-state index in [1.807, 2.05) is 41.7 Å². The molecule has 4 heterocycles. The zero-order valence-corrected chi connectivity index (χ0v) is 26.4. The first-order valence-corrected chi connectivity index (χ1v) is 16.7. The number of piperidine rings is 1. The topological polar surface area (TPSA) is 45.2 Å². The van der Waals surface area contributed by atoms with Crippen LogP contribution in [0.2, 0.25) is 0 Å². The van der Waals surface area contributed by atoms with Crippen LogP contribution in [0.15, 0.2) is 65.4 Å². The van der Waals surface area contributed by atoms with Crippen LogP contribution in [0.5, 0.6) is 11.5 Å². The Morgan fingerprint density at radius 2 is 1.90 bits per heavy atom. The molecule has 7 heteroatoms. The monoisotopic (exact) mass is 590 g/mol. The second-order valence-electron chi connectivity index (χ2n) is 11.7. The summed E-state index contributed by atoms with van der Waals surface area (Å²) in [5, 5.41) is 14.9. The molecule has 3 aromatic rings. The smallest absolute Gasteiger partial charge is 0.165 e. The minimum atomic E-state index is -0.539. The number of nitrogens with zero attached hydrogens (tertiary/aromatic N) is 2. The van der Waals surface area contributed by atoms with Gasteiger partial charge in [-0.2, -0.15) is 0 Å². The van der Waals surface area contributed by atoms with Crippen molar-refractivity contribution in [1.29, 1.82) is 0 Å². The molecule has 2 bridgehead atoms. The molecular weight excluding hydrogens is 549 g/mol. The van der Waals surface area contributed by atoms with Crippen LogP contribution < -0.4 is 9.47 Å². The lowest BCUT2D eigenvalue weighted by Crippen LogP contribution is -2.64. The zero-order valence-electron chi connectivity index (χ0n) is 24.7. The second-order valence-corrected chi connectivity index (χ2v) is 13.6. The molecular formula is C34H42N2O3S2. The Kier molecular flexibility index (Phi) is 8.18. The number of likely N-dealkylation sites (tertiary alicyclic amines) is 1. The summed E-state index contributed by atoms with van der Waals surface area (Å²) in [6.45, 7) is 9.20. The van der Waals surface area contributed by atoms with Gasteiger partial charge in [-0.3, -0.25) is 0 Å². The van der Waals surface area contributed by atoms with Crippen molar-refractivity contribution in [2.24, 2.45) is 5.92 Å². The first kappa shape index (κ1) is 28.7. The number of likely N-dealkylation sites (N-methyl/N-ethyl adjacent to an activating group) is 2. The summed E-state index contributed by atoms with van der Waals surface area (Å²) in [5.41, 5.74) is 3.99. The van der Waals surface area contributed by atoms with Gasteiger partial charge in [-0.05, 0) is 88.4 Å². The molecule has 1 spiro atoms. The number of rotatable bonds is 7. The predicted molar refractivity (Wildman–Crippen MR) is 171 cm³/mol. The lowest BCUT2D eigenvalue weighted by Gasteiger charge is -2.56. The average molecular weight is 591 g/mol. The molecule has 1 unspecified atom stereocenters. The molecule has 218 valence electrons. The first-order chi connectivity index (χ1) is 19.9. The van der Waals surface area contributed by atoms with Crippen molar-refractivity contribution in [3.63, 3.8) is 0 Å². The average Bonchev–Trinajstić information content (AvgIpc) is 3.76. The van der Waals surface area contributed by atoms with Gasteiger partial charge in [0.05, 0.1) is 6.61 Å². The summed E-state index contributed by atoms with van der Waals surface area (Å²) in [4.78, 5) is 7.54. The largest absolute Gasteiger partial charge is 0.490 e. The summed E-state index contributed by atoms with van der Waals surface area (Å²) in [6, 6.07) is 13.9. The highest BCUT2D eigenvalue weighted by Crippen LogP contribution is 2.62. The molecule has 4 aliphatic rings. The van der Waals surface area contributed by atoms with Crippen LogP contribution in [0.1, 0.15) is 48.1 Å². The highest BCUT2D eigenvalue weighted by molar-refractivity contribution is 7.13. The molecule has 2 aliphatic heterocycles.